The van der Waals surface area contributed by atoms with E-state index in [4.69, 9.17) is 4.74 Å². The van der Waals surface area contributed by atoms with Crippen LogP contribution in [0.2, 0.25) is 0 Å². The first-order valence-electron chi connectivity index (χ1n) is 8.05. The van der Waals surface area contributed by atoms with Crippen molar-refractivity contribution in [1.29, 1.82) is 0 Å². The summed E-state index contributed by atoms with van der Waals surface area (Å²) in [5.74, 6) is 0.292. The highest BCUT2D eigenvalue weighted by Gasteiger charge is 2.14. The number of carbonyl (C=O) groups excluding carboxylic acids is 2. The van der Waals surface area contributed by atoms with Crippen molar-refractivity contribution in [1.82, 2.24) is 14.7 Å². The summed E-state index contributed by atoms with van der Waals surface area (Å²) in [6.07, 6.45) is 7.64. The zero-order valence-corrected chi connectivity index (χ0v) is 17.1. The van der Waals surface area contributed by atoms with Gasteiger partial charge in [-0.25, -0.2) is 4.79 Å². The summed E-state index contributed by atoms with van der Waals surface area (Å²) in [6, 6.07) is 0.0185. The molecule has 0 aromatic heterocycles. The summed E-state index contributed by atoms with van der Waals surface area (Å²) >= 11 is 0. The molecule has 0 N–H and O–H groups in total. The van der Waals surface area contributed by atoms with Crippen LogP contribution in [0.4, 0.5) is 4.79 Å². The Labute approximate surface area is 149 Å². The van der Waals surface area contributed by atoms with E-state index in [0.717, 1.165) is 32.6 Å². The number of hydrogen-bond acceptors (Lipinski definition) is 4. The molecule has 0 bridgehead atoms. The number of ether oxygens (including phenoxy) is 1. The van der Waals surface area contributed by atoms with Crippen LogP contribution in [-0.2, 0) is 20.3 Å². The monoisotopic (exact) mass is 365 g/mol. The molecule has 8 heteroatoms. The molecule has 2 rings (SSSR count). The summed E-state index contributed by atoms with van der Waals surface area (Å²) < 4.78 is 14.5. The van der Waals surface area contributed by atoms with Gasteiger partial charge in [0, 0.05) is 84.7 Å². The van der Waals surface area contributed by atoms with Crippen molar-refractivity contribution in [3.8, 4) is 0 Å². The van der Waals surface area contributed by atoms with Crippen LogP contribution in [0.25, 0.3) is 0 Å². The molecule has 0 unspecified atom stereocenters. The minimum absolute atomic E-state index is 0.0185. The number of carbonyl (C=O) groups is 2. The van der Waals surface area contributed by atoms with E-state index in [1.807, 2.05) is 7.05 Å². The van der Waals surface area contributed by atoms with Crippen LogP contribution < -0.4 is 0 Å². The van der Waals surface area contributed by atoms with Crippen molar-refractivity contribution in [3.05, 3.63) is 0 Å². The molecule has 2 fully saturated rings. The molecule has 2 heterocycles. The van der Waals surface area contributed by atoms with Crippen molar-refractivity contribution in [2.75, 3.05) is 67.5 Å². The van der Waals surface area contributed by atoms with Gasteiger partial charge in [-0.2, -0.15) is 0 Å². The smallest absolute Gasteiger partial charge is 0.318 e. The normalized spacial score (nSPS) is 15.5. The van der Waals surface area contributed by atoms with Crippen molar-refractivity contribution in [2.45, 2.75) is 25.7 Å². The van der Waals surface area contributed by atoms with Gasteiger partial charge in [0.2, 0.25) is 5.91 Å². The molecule has 0 radical (unpaired) electrons. The van der Waals surface area contributed by atoms with Gasteiger partial charge >= 0.3 is 6.03 Å². The predicted octanol–water partition coefficient (Wildman–Crippen LogP) is 1.26. The molecule has 3 amide bonds. The van der Waals surface area contributed by atoms with Gasteiger partial charge in [-0.3, -0.25) is 9.00 Å². The molecule has 24 heavy (non-hydrogen) atoms. The van der Waals surface area contributed by atoms with Gasteiger partial charge in [-0.15, -0.1) is 0 Å². The zero-order valence-electron chi connectivity index (χ0n) is 16.3. The lowest BCUT2D eigenvalue weighted by Gasteiger charge is -2.16. The highest BCUT2D eigenvalue weighted by molar-refractivity contribution is 7.83. The third-order valence-corrected chi connectivity index (χ3v) is 2.90. The standard InChI is InChI=1S/C5H12N2O.C5H9NO.C4H8O.C2H6OS/c1-6(2)5(8)7(3)4;1-6-4-2-3-5(6)7;1-2-4-5-3-1;1-4(2)3/h1-4H3;2-4H2,1H3;1-4H2;1-2H3. The molecule has 0 aromatic carbocycles. The number of urea groups is 1. The quantitative estimate of drug-likeness (QED) is 0.648. The first kappa shape index (κ1) is 25.1. The van der Waals surface area contributed by atoms with E-state index in [2.05, 4.69) is 0 Å². The molecule has 0 aliphatic carbocycles. The van der Waals surface area contributed by atoms with E-state index in [-0.39, 0.29) is 6.03 Å². The second kappa shape index (κ2) is 15.4. The van der Waals surface area contributed by atoms with Crippen molar-refractivity contribution in [3.63, 3.8) is 0 Å². The number of rotatable bonds is 0. The van der Waals surface area contributed by atoms with Gasteiger partial charge in [-0.05, 0) is 19.3 Å². The summed E-state index contributed by atoms with van der Waals surface area (Å²) in [7, 11) is 8.13. The van der Waals surface area contributed by atoms with E-state index in [9.17, 15) is 13.8 Å². The molecular weight excluding hydrogens is 330 g/mol. The van der Waals surface area contributed by atoms with Gasteiger partial charge in [0.25, 0.3) is 0 Å². The van der Waals surface area contributed by atoms with Crippen LogP contribution >= 0.6 is 0 Å². The third-order valence-electron chi connectivity index (χ3n) is 2.90. The largest absolute Gasteiger partial charge is 0.381 e. The average Bonchev–Trinajstić information content (AvgIpc) is 3.14. The molecule has 0 spiro atoms. The Morgan fingerprint density at radius 2 is 1.46 bits per heavy atom. The van der Waals surface area contributed by atoms with Crippen molar-refractivity contribution in [2.24, 2.45) is 0 Å². The summed E-state index contributed by atoms with van der Waals surface area (Å²) in [6.45, 7) is 2.96. The lowest BCUT2D eigenvalue weighted by Crippen LogP contribution is -2.33. The van der Waals surface area contributed by atoms with Gasteiger partial charge in [0.05, 0.1) is 0 Å². The fourth-order valence-corrected chi connectivity index (χ4v) is 1.69. The number of amides is 3. The molecule has 2 aliphatic rings. The summed E-state index contributed by atoms with van der Waals surface area (Å²) in [4.78, 5) is 26.0. The fraction of sp³-hybridized carbons (Fsp3) is 0.875. The number of nitrogens with zero attached hydrogens (tertiary/aromatic N) is 3. The minimum Gasteiger partial charge on any atom is -0.381 e. The molecule has 144 valence electrons. The Morgan fingerprint density at radius 1 is 1.04 bits per heavy atom. The van der Waals surface area contributed by atoms with Crippen molar-refractivity contribution >= 4 is 22.7 Å². The second-order valence-electron chi connectivity index (χ2n) is 6.05. The Balaban J connectivity index is 0. The molecule has 2 saturated heterocycles. The Bertz CT molecular complexity index is 351. The predicted molar refractivity (Wildman–Crippen MR) is 99.7 cm³/mol. The molecule has 2 aliphatic heterocycles. The van der Waals surface area contributed by atoms with Crippen molar-refractivity contribution < 1.29 is 18.5 Å². The third kappa shape index (κ3) is 17.2. The van der Waals surface area contributed by atoms with Crippen LogP contribution in [0.5, 0.6) is 0 Å². The van der Waals surface area contributed by atoms with Crippen LogP contribution in [0.15, 0.2) is 0 Å². The topological polar surface area (TPSA) is 70.2 Å². The molecule has 0 atom stereocenters. The number of hydrogen-bond donors (Lipinski definition) is 0. The molecule has 0 aromatic rings. The maximum atomic E-state index is 10.7. The molecule has 7 nitrogen and oxygen atoms in total. The highest BCUT2D eigenvalue weighted by Crippen LogP contribution is 2.04. The zero-order chi connectivity index (χ0) is 19.1. The first-order chi connectivity index (χ1) is 11.1. The van der Waals surface area contributed by atoms with Crippen LogP contribution in [0, 0.1) is 0 Å². The van der Waals surface area contributed by atoms with Gasteiger partial charge in [0.15, 0.2) is 0 Å². The van der Waals surface area contributed by atoms with Gasteiger partial charge < -0.3 is 19.4 Å². The molecular formula is C16H35N3O4S. The van der Waals surface area contributed by atoms with Crippen LogP contribution in [0.3, 0.4) is 0 Å². The van der Waals surface area contributed by atoms with Gasteiger partial charge in [0.1, 0.15) is 0 Å². The van der Waals surface area contributed by atoms with E-state index in [1.165, 1.54) is 22.6 Å². The average molecular weight is 366 g/mol. The lowest BCUT2D eigenvalue weighted by atomic mass is 10.4. The van der Waals surface area contributed by atoms with Crippen LogP contribution in [0.1, 0.15) is 25.7 Å². The Morgan fingerprint density at radius 3 is 1.54 bits per heavy atom. The molecule has 0 saturated carbocycles. The maximum Gasteiger partial charge on any atom is 0.318 e. The first-order valence-corrected chi connectivity index (χ1v) is 10.0. The summed E-state index contributed by atoms with van der Waals surface area (Å²) in [5.41, 5.74) is 0. The Hall–Kier alpha value is -1.15. The highest BCUT2D eigenvalue weighted by atomic mass is 32.2. The van der Waals surface area contributed by atoms with E-state index >= 15 is 0 Å². The SMILES string of the molecule is C1CCOC1.CN(C)C(=O)N(C)C.CN1CCCC1=O.CS(C)=O. The summed E-state index contributed by atoms with van der Waals surface area (Å²) in [5, 5.41) is 0. The van der Waals surface area contributed by atoms with Crippen LogP contribution in [-0.4, -0.2) is 98.4 Å². The fourth-order valence-electron chi connectivity index (χ4n) is 1.69. The van der Waals surface area contributed by atoms with Gasteiger partial charge in [-0.1, -0.05) is 0 Å². The van der Waals surface area contributed by atoms with E-state index in [1.54, 1.807) is 45.6 Å². The Kier molecular flexibility index (Phi) is 16.1. The minimum atomic E-state index is -0.611. The number of likely N-dealkylation sites (tertiary alicyclic amines) is 1. The lowest BCUT2D eigenvalue weighted by molar-refractivity contribution is -0.126. The second-order valence-corrected chi connectivity index (χ2v) is 7.53. The van der Waals surface area contributed by atoms with E-state index in [0.29, 0.717) is 5.91 Å². The maximum absolute atomic E-state index is 10.7. The van der Waals surface area contributed by atoms with E-state index < -0.39 is 10.8 Å².